The van der Waals surface area contributed by atoms with Crippen LogP contribution >= 0.6 is 12.2 Å². The van der Waals surface area contributed by atoms with E-state index in [0.717, 1.165) is 40.6 Å². The number of para-hydroxylation sites is 1. The number of aryl methyl sites for hydroxylation is 1. The zero-order chi connectivity index (χ0) is 23.8. The molecule has 1 saturated heterocycles. The molecule has 0 amide bonds. The second-order valence-electron chi connectivity index (χ2n) is 9.31. The van der Waals surface area contributed by atoms with Gasteiger partial charge in [0.25, 0.3) is 0 Å². The van der Waals surface area contributed by atoms with Gasteiger partial charge >= 0.3 is 5.97 Å². The molecule has 5 rings (SSSR count). The summed E-state index contributed by atoms with van der Waals surface area (Å²) in [6.45, 7) is 4.12. The van der Waals surface area contributed by atoms with Crippen molar-refractivity contribution in [2.75, 3.05) is 0 Å². The average Bonchev–Trinajstić information content (AvgIpc) is 3.35. The molecule has 0 radical (unpaired) electrons. The largest absolute Gasteiger partial charge is 0.478 e. The van der Waals surface area contributed by atoms with Crippen LogP contribution in [0.5, 0.6) is 0 Å². The molecule has 34 heavy (non-hydrogen) atoms. The van der Waals surface area contributed by atoms with Crippen LogP contribution in [0.4, 0.5) is 0 Å². The highest BCUT2D eigenvalue weighted by molar-refractivity contribution is 7.80. The molecule has 1 saturated carbocycles. The van der Waals surface area contributed by atoms with Crippen LogP contribution in [0.15, 0.2) is 54.7 Å². The Bertz CT molecular complexity index is 1220. The summed E-state index contributed by atoms with van der Waals surface area (Å²) in [6.07, 6.45) is 7.80. The number of aromatic nitrogens is 2. The maximum Gasteiger partial charge on any atom is 0.337 e. The van der Waals surface area contributed by atoms with E-state index in [2.05, 4.69) is 38.8 Å². The first-order chi connectivity index (χ1) is 16.5. The minimum Gasteiger partial charge on any atom is -0.478 e. The lowest BCUT2D eigenvalue weighted by Crippen LogP contribution is -2.40. The highest BCUT2D eigenvalue weighted by Gasteiger charge is 2.44. The molecule has 1 aliphatic carbocycles. The Balaban J connectivity index is 1.65. The number of pyridine rings is 1. The monoisotopic (exact) mass is 474 g/mol. The molecule has 1 aromatic carbocycles. The Morgan fingerprint density at radius 1 is 1.09 bits per heavy atom. The predicted octanol–water partition coefficient (Wildman–Crippen LogP) is 5.49. The molecule has 2 fully saturated rings. The first-order valence-electron chi connectivity index (χ1n) is 12.0. The summed E-state index contributed by atoms with van der Waals surface area (Å²) in [7, 11) is 0. The van der Waals surface area contributed by atoms with Gasteiger partial charge in [0.15, 0.2) is 5.11 Å². The summed E-state index contributed by atoms with van der Waals surface area (Å²) < 4.78 is 2.06. The van der Waals surface area contributed by atoms with Gasteiger partial charge in [-0.3, -0.25) is 4.98 Å². The van der Waals surface area contributed by atoms with Crippen LogP contribution in [0.2, 0.25) is 0 Å². The standard InChI is InChI=1S/C27H30N4O2S/c1-17-16-21(18(2)30(17)23-14-7-6-12-20(23)26(32)33)25-24(22-13-8-9-15-28-22)29-27(34)31(25)19-10-4-3-5-11-19/h6-9,12-16,19,24-25H,3-5,10-11H2,1-2H3,(H,29,34)(H,32,33)/t24-,25+/m0/s1. The number of aromatic carboxylic acids is 1. The quantitative estimate of drug-likeness (QED) is 0.477. The third kappa shape index (κ3) is 3.88. The molecular formula is C27H30N4O2S. The number of nitrogens with one attached hydrogen (secondary N) is 1. The van der Waals surface area contributed by atoms with E-state index in [-0.39, 0.29) is 12.1 Å². The Labute approximate surface area is 205 Å². The lowest BCUT2D eigenvalue weighted by molar-refractivity contribution is 0.0697. The Morgan fingerprint density at radius 3 is 2.53 bits per heavy atom. The number of carboxylic acid groups (broad SMARTS) is 1. The summed E-state index contributed by atoms with van der Waals surface area (Å²) >= 11 is 5.91. The molecule has 0 bridgehead atoms. The SMILES string of the molecule is Cc1cc([C@@H]2[C@H](c3ccccn3)NC(=S)N2C2CCCCC2)c(C)n1-c1ccccc1C(=O)O. The van der Waals surface area contributed by atoms with Crippen molar-refractivity contribution in [2.24, 2.45) is 0 Å². The second-order valence-corrected chi connectivity index (χ2v) is 9.70. The molecule has 2 N–H and O–H groups in total. The minimum absolute atomic E-state index is 0.0116. The molecule has 7 heteroatoms. The van der Waals surface area contributed by atoms with Crippen molar-refractivity contribution < 1.29 is 9.90 Å². The van der Waals surface area contributed by atoms with E-state index in [4.69, 9.17) is 12.2 Å². The van der Waals surface area contributed by atoms with Crippen LogP contribution in [0, 0.1) is 13.8 Å². The van der Waals surface area contributed by atoms with E-state index in [1.165, 1.54) is 19.3 Å². The fourth-order valence-corrected chi connectivity index (χ4v) is 6.15. The molecule has 6 nitrogen and oxygen atoms in total. The summed E-state index contributed by atoms with van der Waals surface area (Å²) in [5.74, 6) is -0.927. The predicted molar refractivity (Wildman–Crippen MR) is 136 cm³/mol. The van der Waals surface area contributed by atoms with Crippen LogP contribution in [-0.4, -0.2) is 36.7 Å². The minimum atomic E-state index is -0.927. The molecule has 0 unspecified atom stereocenters. The van der Waals surface area contributed by atoms with Crippen molar-refractivity contribution in [2.45, 2.75) is 64.1 Å². The van der Waals surface area contributed by atoms with Crippen molar-refractivity contribution in [3.8, 4) is 5.69 Å². The van der Waals surface area contributed by atoms with Gasteiger partial charge in [0.05, 0.1) is 29.0 Å². The van der Waals surface area contributed by atoms with Crippen LogP contribution < -0.4 is 5.32 Å². The van der Waals surface area contributed by atoms with Gasteiger partial charge in [-0.15, -0.1) is 0 Å². The molecule has 3 heterocycles. The smallest absolute Gasteiger partial charge is 0.337 e. The Hall–Kier alpha value is -3.19. The Morgan fingerprint density at radius 2 is 1.82 bits per heavy atom. The first-order valence-corrected chi connectivity index (χ1v) is 12.4. The number of carboxylic acids is 1. The number of carbonyl (C=O) groups is 1. The van der Waals surface area contributed by atoms with Gasteiger partial charge in [-0.05, 0) is 74.8 Å². The van der Waals surface area contributed by atoms with E-state index in [1.54, 1.807) is 12.1 Å². The van der Waals surface area contributed by atoms with E-state index in [1.807, 2.05) is 37.4 Å². The summed E-state index contributed by atoms with van der Waals surface area (Å²) in [6, 6.07) is 15.7. The van der Waals surface area contributed by atoms with Gasteiger partial charge in [-0.1, -0.05) is 37.5 Å². The number of hydrogen-bond acceptors (Lipinski definition) is 3. The molecule has 0 spiro atoms. The van der Waals surface area contributed by atoms with E-state index < -0.39 is 5.97 Å². The lowest BCUT2D eigenvalue weighted by atomic mass is 9.90. The maximum absolute atomic E-state index is 12.0. The van der Waals surface area contributed by atoms with Gasteiger partial charge in [-0.25, -0.2) is 4.79 Å². The summed E-state index contributed by atoms with van der Waals surface area (Å²) in [5, 5.41) is 14.2. The maximum atomic E-state index is 12.0. The van der Waals surface area contributed by atoms with Crippen molar-refractivity contribution in [1.82, 2.24) is 19.8 Å². The van der Waals surface area contributed by atoms with Gasteiger partial charge in [0.1, 0.15) is 0 Å². The molecule has 176 valence electrons. The number of nitrogens with zero attached hydrogens (tertiary/aromatic N) is 3. The topological polar surface area (TPSA) is 70.4 Å². The lowest BCUT2D eigenvalue weighted by Gasteiger charge is -2.37. The molecular weight excluding hydrogens is 444 g/mol. The molecule has 2 aromatic heterocycles. The number of rotatable bonds is 5. The van der Waals surface area contributed by atoms with Crippen LogP contribution in [0.1, 0.15) is 77.2 Å². The molecule has 2 atom stereocenters. The van der Waals surface area contributed by atoms with Crippen LogP contribution in [0.3, 0.4) is 0 Å². The first kappa shape index (κ1) is 22.6. The summed E-state index contributed by atoms with van der Waals surface area (Å²) in [4.78, 5) is 19.0. The van der Waals surface area contributed by atoms with Gasteiger partial charge in [-0.2, -0.15) is 0 Å². The number of thiocarbonyl (C=S) groups is 1. The van der Waals surface area contributed by atoms with Gasteiger partial charge in [0, 0.05) is 23.6 Å². The molecule has 1 aliphatic heterocycles. The van der Waals surface area contributed by atoms with Crippen molar-refractivity contribution in [3.05, 3.63) is 82.9 Å². The van der Waals surface area contributed by atoms with Gasteiger partial charge < -0.3 is 19.9 Å². The van der Waals surface area contributed by atoms with Crippen LogP contribution in [0.25, 0.3) is 5.69 Å². The van der Waals surface area contributed by atoms with Crippen molar-refractivity contribution in [3.63, 3.8) is 0 Å². The Kier molecular flexibility index (Phi) is 6.13. The fraction of sp³-hybridized carbons (Fsp3) is 0.370. The fourth-order valence-electron chi connectivity index (χ4n) is 5.76. The third-order valence-electron chi connectivity index (χ3n) is 7.27. The van der Waals surface area contributed by atoms with E-state index >= 15 is 0 Å². The van der Waals surface area contributed by atoms with Crippen molar-refractivity contribution in [1.29, 1.82) is 0 Å². The normalized spacial score (nSPS) is 21.0. The molecule has 3 aromatic rings. The second kappa shape index (κ2) is 9.22. The van der Waals surface area contributed by atoms with E-state index in [9.17, 15) is 9.90 Å². The zero-order valence-electron chi connectivity index (χ0n) is 19.6. The third-order valence-corrected chi connectivity index (χ3v) is 7.60. The number of hydrogen-bond donors (Lipinski definition) is 2. The highest BCUT2D eigenvalue weighted by atomic mass is 32.1. The summed E-state index contributed by atoms with van der Waals surface area (Å²) in [5.41, 5.74) is 5.13. The van der Waals surface area contributed by atoms with Crippen LogP contribution in [-0.2, 0) is 0 Å². The van der Waals surface area contributed by atoms with Crippen molar-refractivity contribution >= 4 is 23.3 Å². The highest BCUT2D eigenvalue weighted by Crippen LogP contribution is 2.44. The zero-order valence-corrected chi connectivity index (χ0v) is 20.4. The number of benzene rings is 1. The average molecular weight is 475 g/mol. The molecule has 2 aliphatic rings. The van der Waals surface area contributed by atoms with E-state index in [0.29, 0.717) is 17.3 Å². The van der Waals surface area contributed by atoms with Gasteiger partial charge in [0.2, 0.25) is 0 Å².